The monoisotopic (exact) mass is 262 g/mol. The number of benzene rings is 1. The summed E-state index contributed by atoms with van der Waals surface area (Å²) in [7, 11) is 1.61. The van der Waals surface area contributed by atoms with E-state index in [0.717, 1.165) is 23.5 Å². The van der Waals surface area contributed by atoms with Gasteiger partial charge in [0.1, 0.15) is 18.1 Å². The number of methoxy groups -OCH3 is 1. The first kappa shape index (κ1) is 15.4. The predicted octanol–water partition coefficient (Wildman–Crippen LogP) is 2.85. The lowest BCUT2D eigenvalue weighted by Gasteiger charge is -2.18. The van der Waals surface area contributed by atoms with Crippen molar-refractivity contribution in [1.29, 1.82) is 0 Å². The lowest BCUT2D eigenvalue weighted by molar-refractivity contribution is 0.242. The number of rotatable bonds is 4. The van der Waals surface area contributed by atoms with Gasteiger partial charge in [0.25, 0.3) is 0 Å². The molecule has 0 aliphatic heterocycles. The normalized spacial score (nSPS) is 10.6. The van der Waals surface area contributed by atoms with Crippen LogP contribution in [0.4, 0.5) is 0 Å². The molecule has 0 atom stereocenters. The molecule has 0 saturated carbocycles. The first-order chi connectivity index (χ1) is 8.96. The highest BCUT2D eigenvalue weighted by Crippen LogP contribution is 2.25. The van der Waals surface area contributed by atoms with Crippen LogP contribution in [0.5, 0.6) is 11.5 Å². The van der Waals surface area contributed by atoms with Gasteiger partial charge in [-0.2, -0.15) is 0 Å². The second kappa shape index (κ2) is 7.06. The molecule has 1 aromatic rings. The van der Waals surface area contributed by atoms with Crippen molar-refractivity contribution < 1.29 is 14.6 Å². The fraction of sp³-hybridized carbons (Fsp3) is 0.500. The molecule has 1 rings (SSSR count). The zero-order chi connectivity index (χ0) is 14.3. The Kier molecular flexibility index (Phi) is 5.72. The molecule has 0 heterocycles. The predicted molar refractivity (Wildman–Crippen MR) is 76.5 cm³/mol. The maximum atomic E-state index is 8.78. The van der Waals surface area contributed by atoms with Crippen molar-refractivity contribution in [2.75, 3.05) is 20.3 Å². The first-order valence-corrected chi connectivity index (χ1v) is 6.37. The van der Waals surface area contributed by atoms with Gasteiger partial charge in [-0.05, 0) is 30.0 Å². The van der Waals surface area contributed by atoms with Gasteiger partial charge >= 0.3 is 0 Å². The average molecular weight is 262 g/mol. The summed E-state index contributed by atoms with van der Waals surface area (Å²) in [6.07, 6.45) is 0.964. The van der Waals surface area contributed by atoms with Crippen LogP contribution in [-0.2, 0) is 0 Å². The molecule has 0 saturated heterocycles. The van der Waals surface area contributed by atoms with Crippen LogP contribution >= 0.6 is 0 Å². The molecule has 0 aliphatic carbocycles. The van der Waals surface area contributed by atoms with Crippen LogP contribution in [0.25, 0.3) is 0 Å². The van der Waals surface area contributed by atoms with Crippen LogP contribution in [0.15, 0.2) is 18.2 Å². The molecule has 3 nitrogen and oxygen atoms in total. The van der Waals surface area contributed by atoms with Crippen LogP contribution in [0.1, 0.15) is 32.8 Å². The van der Waals surface area contributed by atoms with E-state index in [2.05, 4.69) is 32.6 Å². The number of hydrogen-bond acceptors (Lipinski definition) is 3. The van der Waals surface area contributed by atoms with Crippen LogP contribution in [0, 0.1) is 17.3 Å². The maximum Gasteiger partial charge on any atom is 0.135 e. The summed E-state index contributed by atoms with van der Waals surface area (Å²) in [5.74, 6) is 6.97. The van der Waals surface area contributed by atoms with Crippen molar-refractivity contribution in [3.05, 3.63) is 23.8 Å². The molecule has 0 bridgehead atoms. The van der Waals surface area contributed by atoms with Gasteiger partial charge in [-0.1, -0.05) is 32.6 Å². The van der Waals surface area contributed by atoms with Crippen molar-refractivity contribution in [3.8, 4) is 23.3 Å². The van der Waals surface area contributed by atoms with Crippen molar-refractivity contribution in [2.24, 2.45) is 5.41 Å². The van der Waals surface area contributed by atoms with Crippen LogP contribution in [0.3, 0.4) is 0 Å². The van der Waals surface area contributed by atoms with Gasteiger partial charge in [-0.25, -0.2) is 0 Å². The molecule has 19 heavy (non-hydrogen) atoms. The Hall–Kier alpha value is -1.66. The highest BCUT2D eigenvalue weighted by molar-refractivity contribution is 5.50. The summed E-state index contributed by atoms with van der Waals surface area (Å²) in [5.41, 5.74) is 0.978. The summed E-state index contributed by atoms with van der Waals surface area (Å²) in [4.78, 5) is 0. The zero-order valence-electron chi connectivity index (χ0n) is 12.1. The lowest BCUT2D eigenvalue weighted by Crippen LogP contribution is -2.11. The molecule has 0 fully saturated rings. The fourth-order valence-corrected chi connectivity index (χ4v) is 1.46. The first-order valence-electron chi connectivity index (χ1n) is 6.37. The third-order valence-corrected chi connectivity index (χ3v) is 2.60. The highest BCUT2D eigenvalue weighted by atomic mass is 16.5. The smallest absolute Gasteiger partial charge is 0.135 e. The van der Waals surface area contributed by atoms with Crippen LogP contribution in [-0.4, -0.2) is 25.4 Å². The van der Waals surface area contributed by atoms with E-state index in [-0.39, 0.29) is 12.0 Å². The Morgan fingerprint density at radius 1 is 1.26 bits per heavy atom. The Labute approximate surface area is 115 Å². The summed E-state index contributed by atoms with van der Waals surface area (Å²) in [5, 5.41) is 8.78. The molecule has 0 unspecified atom stereocenters. The highest BCUT2D eigenvalue weighted by Gasteiger charge is 2.11. The molecule has 0 aromatic heterocycles. The van der Waals surface area contributed by atoms with Gasteiger partial charge in [0.05, 0.1) is 19.3 Å². The second-order valence-corrected chi connectivity index (χ2v) is 5.48. The minimum atomic E-state index is -0.168. The number of aliphatic hydroxyl groups is 1. The summed E-state index contributed by atoms with van der Waals surface area (Å²) in [6.45, 7) is 7.01. The van der Waals surface area contributed by atoms with Gasteiger partial charge in [-0.3, -0.25) is 0 Å². The van der Waals surface area contributed by atoms with E-state index in [1.807, 2.05) is 18.2 Å². The van der Waals surface area contributed by atoms with E-state index < -0.39 is 0 Å². The third-order valence-electron chi connectivity index (χ3n) is 2.60. The quantitative estimate of drug-likeness (QED) is 0.848. The molecule has 0 aliphatic rings. The van der Waals surface area contributed by atoms with E-state index in [4.69, 9.17) is 14.6 Å². The van der Waals surface area contributed by atoms with Gasteiger partial charge < -0.3 is 14.6 Å². The Bertz CT molecular complexity index is 461. The molecule has 0 radical (unpaired) electrons. The number of ether oxygens (including phenoxy) is 2. The fourth-order valence-electron chi connectivity index (χ4n) is 1.46. The summed E-state index contributed by atoms with van der Waals surface area (Å²) >= 11 is 0. The van der Waals surface area contributed by atoms with Gasteiger partial charge in [-0.15, -0.1) is 0 Å². The van der Waals surface area contributed by atoms with Crippen LogP contribution in [0.2, 0.25) is 0 Å². The van der Waals surface area contributed by atoms with E-state index >= 15 is 0 Å². The lowest BCUT2D eigenvalue weighted by atomic mass is 9.93. The maximum absolute atomic E-state index is 8.78. The topological polar surface area (TPSA) is 38.7 Å². The van der Waals surface area contributed by atoms with Crippen molar-refractivity contribution in [1.82, 2.24) is 0 Å². The Morgan fingerprint density at radius 3 is 2.58 bits per heavy atom. The largest absolute Gasteiger partial charge is 0.497 e. The van der Waals surface area contributed by atoms with Crippen LogP contribution < -0.4 is 9.47 Å². The zero-order valence-corrected chi connectivity index (χ0v) is 12.1. The molecular weight excluding hydrogens is 240 g/mol. The van der Waals surface area contributed by atoms with E-state index in [9.17, 15) is 0 Å². The molecule has 1 N–H and O–H groups in total. The molecule has 0 amide bonds. The minimum absolute atomic E-state index is 0.168. The Morgan fingerprint density at radius 2 is 2.00 bits per heavy atom. The molecular formula is C16H22O3. The number of aliphatic hydroxyl groups excluding tert-OH is 1. The molecule has 3 heteroatoms. The Balaban J connectivity index is 2.81. The van der Waals surface area contributed by atoms with E-state index in [0.29, 0.717) is 6.61 Å². The molecule has 1 aromatic carbocycles. The van der Waals surface area contributed by atoms with Crippen molar-refractivity contribution >= 4 is 0 Å². The van der Waals surface area contributed by atoms with Gasteiger partial charge in [0.2, 0.25) is 0 Å². The summed E-state index contributed by atoms with van der Waals surface area (Å²) < 4.78 is 10.9. The summed E-state index contributed by atoms with van der Waals surface area (Å²) in [6, 6.07) is 5.51. The second-order valence-electron chi connectivity index (χ2n) is 5.48. The van der Waals surface area contributed by atoms with Crippen molar-refractivity contribution in [3.63, 3.8) is 0 Å². The SMILES string of the molecule is COc1ccc(OCCC(C)(C)C)c(C#CCO)c1. The minimum Gasteiger partial charge on any atom is -0.497 e. The standard InChI is InChI=1S/C16H22O3/c1-16(2,3)9-11-19-15-8-7-14(18-4)12-13(15)6-5-10-17/h7-8,12,17H,9-11H2,1-4H3. The average Bonchev–Trinajstić information content (AvgIpc) is 2.35. The van der Waals surface area contributed by atoms with E-state index in [1.54, 1.807) is 7.11 Å². The number of hydrogen-bond donors (Lipinski definition) is 1. The van der Waals surface area contributed by atoms with E-state index in [1.165, 1.54) is 0 Å². The van der Waals surface area contributed by atoms with Gasteiger partial charge in [0.15, 0.2) is 0 Å². The molecule has 104 valence electrons. The van der Waals surface area contributed by atoms with Crippen molar-refractivity contribution in [2.45, 2.75) is 27.2 Å². The third kappa shape index (κ3) is 5.67. The molecule has 0 spiro atoms. The van der Waals surface area contributed by atoms with Gasteiger partial charge in [0, 0.05) is 0 Å².